The third-order valence-corrected chi connectivity index (χ3v) is 10.2. The molecule has 0 saturated heterocycles. The SMILES string of the molecule is COC1/C=C/OC2(C)Oc3c(C)c(O)c4c(O)c(c(/C=N\O)c(O)c4c3C2=O)NC(=O)C(C)=C/C=C/C(C)C(O)C(C)C(O)C(C)C(OC(C)=O)C1C. The zero-order valence-electron chi connectivity index (χ0n) is 31.1. The number of aliphatic hydroxyl groups is 2. The van der Waals surface area contributed by atoms with Crippen LogP contribution >= 0.6 is 0 Å². The van der Waals surface area contributed by atoms with E-state index < -0.39 is 105 Å². The number of carbonyl (C=O) groups excluding carboxylic acids is 3. The van der Waals surface area contributed by atoms with Crippen molar-refractivity contribution >= 4 is 40.3 Å². The number of ketones is 1. The molecule has 3 aliphatic rings. The molecule has 7 N–H and O–H groups in total. The first-order chi connectivity index (χ1) is 24.8. The molecule has 2 aromatic rings. The molecule has 0 radical (unpaired) electrons. The second kappa shape index (κ2) is 15.9. The molecule has 0 fully saturated rings. The maximum Gasteiger partial charge on any atom is 0.312 e. The van der Waals surface area contributed by atoms with Gasteiger partial charge >= 0.3 is 11.8 Å². The van der Waals surface area contributed by atoms with Gasteiger partial charge in [0.25, 0.3) is 11.7 Å². The van der Waals surface area contributed by atoms with Crippen LogP contribution in [0, 0.1) is 30.6 Å². The van der Waals surface area contributed by atoms with Crippen LogP contribution in [0.3, 0.4) is 0 Å². The number of amides is 1. The number of benzene rings is 2. The topological polar surface area (TPSA) is 234 Å². The molecule has 15 nitrogen and oxygen atoms in total. The van der Waals surface area contributed by atoms with Gasteiger partial charge in [-0.05, 0) is 19.9 Å². The minimum atomic E-state index is -2.07. The number of allylic oxidation sites excluding steroid dienone is 2. The largest absolute Gasteiger partial charge is 0.507 e. The summed E-state index contributed by atoms with van der Waals surface area (Å²) in [5.41, 5.74) is -0.978. The molecule has 0 aliphatic carbocycles. The van der Waals surface area contributed by atoms with E-state index in [1.807, 2.05) is 0 Å². The Bertz CT molecular complexity index is 1900. The number of Topliss-reactive ketones (excluding diaryl/α,β-unsaturated/α-hetero) is 1. The Hall–Kier alpha value is -5.12. The number of nitrogens with zero attached hydrogens (tertiary/aromatic N) is 1. The van der Waals surface area contributed by atoms with Gasteiger partial charge in [0.15, 0.2) is 5.75 Å². The van der Waals surface area contributed by atoms with Gasteiger partial charge in [0.2, 0.25) is 0 Å². The highest BCUT2D eigenvalue weighted by Crippen LogP contribution is 2.55. The summed E-state index contributed by atoms with van der Waals surface area (Å²) in [6.07, 6.45) is 4.01. The number of hydrogen-bond donors (Lipinski definition) is 7. The lowest BCUT2D eigenvalue weighted by Gasteiger charge is -2.38. The first-order valence-corrected chi connectivity index (χ1v) is 17.1. The molecule has 9 unspecified atom stereocenters. The quantitative estimate of drug-likeness (QED) is 0.0572. The van der Waals surface area contributed by atoms with Crippen LogP contribution in [0.1, 0.15) is 70.0 Å². The van der Waals surface area contributed by atoms with Crippen molar-refractivity contribution in [1.29, 1.82) is 0 Å². The van der Waals surface area contributed by atoms with Crippen LogP contribution in [0.2, 0.25) is 0 Å². The number of nitrogens with one attached hydrogen (secondary N) is 1. The molecule has 0 spiro atoms. The number of oxime groups is 1. The summed E-state index contributed by atoms with van der Waals surface area (Å²) in [7, 11) is 1.41. The van der Waals surface area contributed by atoms with E-state index in [2.05, 4.69) is 10.5 Å². The van der Waals surface area contributed by atoms with Gasteiger partial charge in [-0.2, -0.15) is 0 Å². The third-order valence-electron chi connectivity index (χ3n) is 10.2. The van der Waals surface area contributed by atoms with E-state index in [4.69, 9.17) is 18.9 Å². The normalized spacial score (nSPS) is 31.2. The van der Waals surface area contributed by atoms with E-state index in [0.717, 1.165) is 12.5 Å². The second-order valence-electron chi connectivity index (χ2n) is 13.9. The molecule has 2 aromatic carbocycles. The molecular weight excluding hydrogens is 692 g/mol. The zero-order valence-corrected chi connectivity index (χ0v) is 31.1. The number of anilines is 1. The fourth-order valence-electron chi connectivity index (χ4n) is 6.93. The molecule has 5 bridgehead atoms. The van der Waals surface area contributed by atoms with Gasteiger partial charge in [0.05, 0.1) is 53.0 Å². The second-order valence-corrected chi connectivity index (χ2v) is 13.9. The molecule has 0 aromatic heterocycles. The van der Waals surface area contributed by atoms with Crippen LogP contribution in [0.5, 0.6) is 23.0 Å². The predicted molar refractivity (Wildman–Crippen MR) is 193 cm³/mol. The number of fused-ring (bicyclic) bond motifs is 14. The Balaban J connectivity index is 1.95. The molecule has 3 heterocycles. The maximum absolute atomic E-state index is 14.1. The highest BCUT2D eigenvalue weighted by molar-refractivity contribution is 6.23. The van der Waals surface area contributed by atoms with E-state index in [1.165, 1.54) is 53.0 Å². The lowest BCUT2D eigenvalue weighted by atomic mass is 9.78. The van der Waals surface area contributed by atoms with Gasteiger partial charge in [0, 0.05) is 61.2 Å². The van der Waals surface area contributed by atoms with E-state index in [9.17, 15) is 45.1 Å². The summed E-state index contributed by atoms with van der Waals surface area (Å²) in [5.74, 6) is -9.00. The van der Waals surface area contributed by atoms with Crippen molar-refractivity contribution in [2.45, 2.75) is 85.6 Å². The Morgan fingerprint density at radius 1 is 0.962 bits per heavy atom. The van der Waals surface area contributed by atoms with Crippen LogP contribution in [0.4, 0.5) is 5.69 Å². The Labute approximate surface area is 306 Å². The number of methoxy groups -OCH3 is 1. The van der Waals surface area contributed by atoms with Crippen LogP contribution in [-0.4, -0.2) is 91.9 Å². The van der Waals surface area contributed by atoms with E-state index in [-0.39, 0.29) is 27.8 Å². The van der Waals surface area contributed by atoms with Crippen LogP contribution in [-0.2, 0) is 23.8 Å². The number of aromatic hydroxyl groups is 3. The number of carbonyl (C=O) groups is 3. The third kappa shape index (κ3) is 7.54. The molecule has 288 valence electrons. The van der Waals surface area contributed by atoms with Gasteiger partial charge in [0.1, 0.15) is 23.4 Å². The van der Waals surface area contributed by atoms with Gasteiger partial charge in [-0.25, -0.2) is 0 Å². The smallest absolute Gasteiger partial charge is 0.312 e. The molecule has 3 aliphatic heterocycles. The van der Waals surface area contributed by atoms with Gasteiger partial charge in [-0.3, -0.25) is 14.4 Å². The summed E-state index contributed by atoms with van der Waals surface area (Å²) >= 11 is 0. The summed E-state index contributed by atoms with van der Waals surface area (Å²) in [6.45, 7) is 12.2. The average Bonchev–Trinajstić information content (AvgIpc) is 3.38. The van der Waals surface area contributed by atoms with E-state index in [0.29, 0.717) is 0 Å². The van der Waals surface area contributed by atoms with Gasteiger partial charge in [-0.1, -0.05) is 51.1 Å². The maximum atomic E-state index is 14.1. The van der Waals surface area contributed by atoms with Crippen LogP contribution in [0.15, 0.2) is 41.3 Å². The Morgan fingerprint density at radius 2 is 1.62 bits per heavy atom. The Morgan fingerprint density at radius 3 is 2.23 bits per heavy atom. The minimum Gasteiger partial charge on any atom is -0.507 e. The number of phenols is 3. The zero-order chi connectivity index (χ0) is 39.7. The fraction of sp³-hybridized carbons (Fsp3) is 0.474. The number of ether oxygens (including phenoxy) is 4. The van der Waals surface area contributed by atoms with Crippen LogP contribution < -0.4 is 10.1 Å². The monoisotopic (exact) mass is 740 g/mol. The van der Waals surface area contributed by atoms with Crippen molar-refractivity contribution in [3.8, 4) is 23.0 Å². The molecule has 1 amide bonds. The van der Waals surface area contributed by atoms with Crippen molar-refractivity contribution < 1.29 is 64.1 Å². The van der Waals surface area contributed by atoms with Gasteiger partial charge < -0.3 is 55.0 Å². The lowest BCUT2D eigenvalue weighted by molar-refractivity contribution is -0.160. The first-order valence-electron chi connectivity index (χ1n) is 17.1. The molecular formula is C38H48N2O13. The van der Waals surface area contributed by atoms with Crippen LogP contribution in [0.25, 0.3) is 10.8 Å². The van der Waals surface area contributed by atoms with Crippen molar-refractivity contribution in [2.24, 2.45) is 28.8 Å². The lowest BCUT2D eigenvalue weighted by Crippen LogP contribution is -2.46. The number of esters is 1. The molecule has 9 atom stereocenters. The van der Waals surface area contributed by atoms with Crippen molar-refractivity contribution in [2.75, 3.05) is 12.4 Å². The van der Waals surface area contributed by atoms with Gasteiger partial charge in [-0.15, -0.1) is 0 Å². The first kappa shape index (κ1) is 40.6. The molecule has 53 heavy (non-hydrogen) atoms. The summed E-state index contributed by atoms with van der Waals surface area (Å²) in [6, 6.07) is 0. The standard InChI is InChI=1S/C38H48N2O13/c1-16-11-10-12-17(2)37(48)40-28-23(15-39-49)32(45)25-26(33(28)46)31(44)21(6)35-27(25)36(47)38(8,53-35)51-14-13-24(50-9)18(3)34(52-22(7)41)20(5)30(43)19(4)29(16)42/h10-16,18-20,24,29-30,34,42-46,49H,1-9H3,(H,40,48)/b11-10+,14-13+,17-12?,39-15-. The number of rotatable bonds is 3. The predicted octanol–water partition coefficient (Wildman–Crippen LogP) is 4.56. The van der Waals surface area contributed by atoms with Crippen molar-refractivity contribution in [3.05, 3.63) is 52.8 Å². The Kier molecular flexibility index (Phi) is 12.2. The molecule has 5 rings (SSSR count). The molecule has 0 saturated carbocycles. The number of aliphatic hydroxyl groups excluding tert-OH is 2. The van der Waals surface area contributed by atoms with E-state index in [1.54, 1.807) is 33.8 Å². The average molecular weight is 741 g/mol. The minimum absolute atomic E-state index is 0.00476. The highest BCUT2D eigenvalue weighted by Gasteiger charge is 2.50. The van der Waals surface area contributed by atoms with Crippen molar-refractivity contribution in [1.82, 2.24) is 0 Å². The highest BCUT2D eigenvalue weighted by atomic mass is 16.7. The number of hydrogen-bond acceptors (Lipinski definition) is 14. The fourth-order valence-corrected chi connectivity index (χ4v) is 6.93. The summed E-state index contributed by atoms with van der Waals surface area (Å²) < 4.78 is 23.2. The van der Waals surface area contributed by atoms with Crippen molar-refractivity contribution in [3.63, 3.8) is 0 Å². The van der Waals surface area contributed by atoms with E-state index >= 15 is 0 Å². The number of phenolic OH excluding ortho intramolecular Hbond substituents is 3. The summed E-state index contributed by atoms with van der Waals surface area (Å²) in [4.78, 5) is 39.7. The summed E-state index contributed by atoms with van der Waals surface area (Å²) in [5, 5.41) is 71.2. The molecule has 15 heteroatoms.